The number of hydrogen-bond acceptors (Lipinski definition) is 2. The summed E-state index contributed by atoms with van der Waals surface area (Å²) in [6.07, 6.45) is 1.43. The Kier molecular flexibility index (Phi) is 6.64. The number of aryl methyl sites for hydroxylation is 1. The van der Waals surface area contributed by atoms with Gasteiger partial charge in [-0.2, -0.15) is 0 Å². The van der Waals surface area contributed by atoms with Gasteiger partial charge in [0.1, 0.15) is 11.5 Å². The van der Waals surface area contributed by atoms with Crippen molar-refractivity contribution in [2.45, 2.75) is 71.5 Å². The lowest BCUT2D eigenvalue weighted by molar-refractivity contribution is -0.105. The van der Waals surface area contributed by atoms with Crippen LogP contribution in [0.3, 0.4) is 0 Å². The Morgan fingerprint density at radius 2 is 1.68 bits per heavy atom. The molecule has 1 rings (SSSR count). The zero-order valence-corrected chi connectivity index (χ0v) is 16.1. The van der Waals surface area contributed by atoms with Gasteiger partial charge in [0.05, 0.1) is 8.07 Å². The summed E-state index contributed by atoms with van der Waals surface area (Å²) in [6, 6.07) is 3.86. The van der Waals surface area contributed by atoms with Gasteiger partial charge in [0.2, 0.25) is 0 Å². The van der Waals surface area contributed by atoms with E-state index in [9.17, 15) is 4.79 Å². The summed E-state index contributed by atoms with van der Waals surface area (Å²) in [5, 5.41) is 0. The van der Waals surface area contributed by atoms with Crippen LogP contribution in [0.1, 0.15) is 53.1 Å². The Balaban J connectivity index is 3.20. The van der Waals surface area contributed by atoms with Crippen molar-refractivity contribution in [3.63, 3.8) is 0 Å². The number of carbonyl (C=O) groups excluding carboxylic acids is 1. The zero-order chi connectivity index (χ0) is 16.9. The number of hydrogen-bond donors (Lipinski definition) is 0. The van der Waals surface area contributed by atoms with Crippen molar-refractivity contribution in [1.29, 1.82) is 0 Å². The Morgan fingerprint density at radius 1 is 1.14 bits per heavy atom. The second-order valence-electron chi connectivity index (χ2n) is 7.09. The average molecular weight is 319 g/mol. The predicted molar refractivity (Wildman–Crippen MR) is 95.9 cm³/mol. The molecule has 0 aliphatic rings. The van der Waals surface area contributed by atoms with E-state index in [0.717, 1.165) is 17.8 Å². The third-order valence-corrected chi connectivity index (χ3v) is 11.5. The van der Waals surface area contributed by atoms with E-state index >= 15 is 0 Å². The minimum atomic E-state index is -1.67. The number of carbonyl (C=O) groups is 1. The van der Waals surface area contributed by atoms with Crippen LogP contribution in [0.25, 0.3) is 0 Å². The van der Waals surface area contributed by atoms with Crippen LogP contribution in [0.4, 0.5) is 0 Å². The molecule has 0 aromatic carbocycles. The molecular weight excluding hydrogens is 288 g/mol. The number of rotatable bonds is 7. The van der Waals surface area contributed by atoms with Gasteiger partial charge in [-0.15, -0.1) is 5.73 Å². The topological polar surface area (TPSA) is 30.2 Å². The van der Waals surface area contributed by atoms with Crippen molar-refractivity contribution in [1.82, 2.24) is 0 Å². The molecule has 0 fully saturated rings. The number of furan rings is 1. The molecule has 2 nitrogen and oxygen atoms in total. The highest BCUT2D eigenvalue weighted by molar-refractivity contribution is 6.87. The van der Waals surface area contributed by atoms with Crippen LogP contribution in [-0.4, -0.2) is 14.4 Å². The van der Waals surface area contributed by atoms with E-state index in [0.29, 0.717) is 28.6 Å². The zero-order valence-electron chi connectivity index (χ0n) is 15.1. The molecule has 0 bridgehead atoms. The summed E-state index contributed by atoms with van der Waals surface area (Å²) >= 11 is 0. The largest absolute Gasteiger partial charge is 0.466 e. The lowest BCUT2D eigenvalue weighted by Gasteiger charge is -2.39. The van der Waals surface area contributed by atoms with E-state index in [4.69, 9.17) is 4.42 Å². The van der Waals surface area contributed by atoms with E-state index in [-0.39, 0.29) is 0 Å². The van der Waals surface area contributed by atoms with Crippen molar-refractivity contribution in [2.24, 2.45) is 0 Å². The smallest absolute Gasteiger partial charge is 0.154 e. The van der Waals surface area contributed by atoms with Crippen molar-refractivity contribution < 1.29 is 9.21 Å². The first kappa shape index (κ1) is 18.7. The van der Waals surface area contributed by atoms with Gasteiger partial charge in [-0.1, -0.05) is 47.2 Å². The quantitative estimate of drug-likeness (QED) is 0.282. The SMILES string of the molecule is Cc1ccc(CC(=C=C[Si](C(C)C)(C(C)C)C(C)C)C=O)o1. The molecule has 0 atom stereocenters. The Hall–Kier alpha value is -1.31. The summed E-state index contributed by atoms with van der Waals surface area (Å²) in [5.74, 6) is 1.70. The van der Waals surface area contributed by atoms with Gasteiger partial charge in [-0.25, -0.2) is 0 Å². The van der Waals surface area contributed by atoms with Gasteiger partial charge < -0.3 is 4.42 Å². The summed E-state index contributed by atoms with van der Waals surface area (Å²) in [5.41, 5.74) is 8.15. The minimum absolute atomic E-state index is 0.520. The molecule has 122 valence electrons. The van der Waals surface area contributed by atoms with Gasteiger partial charge in [-0.3, -0.25) is 4.79 Å². The monoisotopic (exact) mass is 318 g/mol. The van der Waals surface area contributed by atoms with Crippen molar-refractivity contribution in [3.8, 4) is 0 Å². The maximum atomic E-state index is 11.4. The molecular formula is C19H30O2Si. The molecule has 0 N–H and O–H groups in total. The number of aldehydes is 1. The van der Waals surface area contributed by atoms with Gasteiger partial charge in [0.15, 0.2) is 6.29 Å². The maximum absolute atomic E-state index is 11.4. The predicted octanol–water partition coefficient (Wildman–Crippen LogP) is 5.63. The summed E-state index contributed by atoms with van der Waals surface area (Å²) < 4.78 is 5.57. The molecule has 1 heterocycles. The Morgan fingerprint density at radius 3 is 2.05 bits per heavy atom. The summed E-state index contributed by atoms with van der Waals surface area (Å²) in [7, 11) is -1.67. The molecule has 0 amide bonds. The first-order valence-electron chi connectivity index (χ1n) is 8.21. The summed E-state index contributed by atoms with van der Waals surface area (Å²) in [6.45, 7) is 15.8. The molecule has 0 radical (unpaired) electrons. The van der Waals surface area contributed by atoms with Crippen molar-refractivity contribution in [2.75, 3.05) is 0 Å². The molecule has 1 aromatic rings. The first-order chi connectivity index (χ1) is 10.2. The van der Waals surface area contributed by atoms with Gasteiger partial charge in [0, 0.05) is 12.0 Å². The molecule has 3 heteroatoms. The van der Waals surface area contributed by atoms with Crippen LogP contribution < -0.4 is 0 Å². The normalized spacial score (nSPS) is 11.9. The molecule has 0 unspecified atom stereocenters. The standard InChI is InChI=1S/C19H30O2Si/c1-14(2)22(15(3)4,16(5)6)11-10-18(13-20)12-19-9-8-17(7)21-19/h8-9,11,13-16H,12H2,1-7H3. The molecule has 0 aliphatic carbocycles. The van der Waals surface area contributed by atoms with E-state index in [2.05, 4.69) is 53.0 Å². The van der Waals surface area contributed by atoms with E-state index < -0.39 is 8.07 Å². The van der Waals surface area contributed by atoms with E-state index in [1.807, 2.05) is 19.1 Å². The minimum Gasteiger partial charge on any atom is -0.466 e. The van der Waals surface area contributed by atoms with Crippen LogP contribution in [0.2, 0.25) is 16.6 Å². The van der Waals surface area contributed by atoms with E-state index in [1.54, 1.807) is 0 Å². The maximum Gasteiger partial charge on any atom is 0.154 e. The fourth-order valence-electron chi connectivity index (χ4n) is 3.61. The Bertz CT molecular complexity index is 536. The molecule has 0 aliphatic heterocycles. The van der Waals surface area contributed by atoms with Crippen molar-refractivity contribution in [3.05, 3.63) is 40.7 Å². The van der Waals surface area contributed by atoms with Crippen molar-refractivity contribution >= 4 is 14.4 Å². The van der Waals surface area contributed by atoms with Crippen LogP contribution >= 0.6 is 0 Å². The molecule has 0 saturated heterocycles. The van der Waals surface area contributed by atoms with Gasteiger partial charge in [0.25, 0.3) is 0 Å². The fraction of sp³-hybridized carbons (Fsp3) is 0.579. The second kappa shape index (κ2) is 7.80. The third-order valence-electron chi connectivity index (χ3n) is 4.81. The third kappa shape index (κ3) is 4.12. The average Bonchev–Trinajstić information content (AvgIpc) is 2.82. The molecule has 0 saturated carbocycles. The lowest BCUT2D eigenvalue weighted by atomic mass is 10.2. The molecule has 22 heavy (non-hydrogen) atoms. The van der Waals surface area contributed by atoms with Crippen LogP contribution in [-0.2, 0) is 11.2 Å². The van der Waals surface area contributed by atoms with Gasteiger partial charge in [-0.05, 0) is 35.7 Å². The highest BCUT2D eigenvalue weighted by atomic mass is 28.3. The second-order valence-corrected chi connectivity index (χ2v) is 12.8. The molecule has 1 aromatic heterocycles. The van der Waals surface area contributed by atoms with E-state index in [1.165, 1.54) is 0 Å². The first-order valence-corrected chi connectivity index (χ1v) is 10.5. The molecule has 0 spiro atoms. The van der Waals surface area contributed by atoms with Gasteiger partial charge >= 0.3 is 0 Å². The highest BCUT2D eigenvalue weighted by Crippen LogP contribution is 2.42. The highest BCUT2D eigenvalue weighted by Gasteiger charge is 2.40. The summed E-state index contributed by atoms with van der Waals surface area (Å²) in [4.78, 5) is 11.4. The van der Waals surface area contributed by atoms with Crippen LogP contribution in [0.15, 0.2) is 33.6 Å². The fourth-order valence-corrected chi connectivity index (χ4v) is 9.05. The van der Waals surface area contributed by atoms with Crippen LogP contribution in [0.5, 0.6) is 0 Å². The lowest BCUT2D eigenvalue weighted by Crippen LogP contribution is -2.42. The number of allylic oxidation sites excluding steroid dienone is 1. The Labute approximate surface area is 136 Å². The van der Waals surface area contributed by atoms with Crippen LogP contribution in [0, 0.1) is 6.92 Å².